The molecule has 0 saturated carbocycles. The molecule has 2 aromatic rings. The molecule has 1 atom stereocenters. The zero-order chi connectivity index (χ0) is 17.4. The fourth-order valence-electron chi connectivity index (χ4n) is 4.42. The topological polar surface area (TPSA) is 53.7 Å². The quantitative estimate of drug-likeness (QED) is 0.777. The van der Waals surface area contributed by atoms with Gasteiger partial charge in [0.15, 0.2) is 0 Å². The maximum absolute atomic E-state index is 12.1. The molecule has 4 rings (SSSR count). The number of hydrogen-bond acceptors (Lipinski definition) is 5. The molecule has 1 unspecified atom stereocenters. The van der Waals surface area contributed by atoms with Crippen molar-refractivity contribution in [2.75, 3.05) is 24.5 Å². The summed E-state index contributed by atoms with van der Waals surface area (Å²) in [5, 5.41) is 5.76. The van der Waals surface area contributed by atoms with Gasteiger partial charge in [-0.2, -0.15) is 0 Å². The third kappa shape index (κ3) is 3.83. The first-order chi connectivity index (χ1) is 12.1. The Hall–Kier alpha value is -1.34. The maximum atomic E-state index is 12.1. The van der Waals surface area contributed by atoms with Crippen LogP contribution < -0.4 is 4.90 Å². The fourth-order valence-corrected chi connectivity index (χ4v) is 5.40. The molecule has 144 valence electrons. The molecule has 4 heterocycles. The summed E-state index contributed by atoms with van der Waals surface area (Å²) >= 11 is 1.67. The molecule has 6 nitrogen and oxygen atoms in total. The lowest BCUT2D eigenvalue weighted by atomic mass is 9.86. The van der Waals surface area contributed by atoms with E-state index >= 15 is 0 Å². The monoisotopic (exact) mass is 397 g/mol. The molecular formula is C18H28ClN5OS. The molecule has 0 spiro atoms. The average molecular weight is 398 g/mol. The van der Waals surface area contributed by atoms with E-state index in [0.29, 0.717) is 12.0 Å². The molecule has 0 radical (unpaired) electrons. The number of hydrogen-bond donors (Lipinski definition) is 0. The fraction of sp³-hybridized carbons (Fsp3) is 0.722. The number of halogens is 1. The SMILES string of the molecule is CC(=O)N1CCCCCC1C1CCN(c2nn3cc(C)nc3s2)CC1.Cl. The van der Waals surface area contributed by atoms with Crippen LogP contribution >= 0.6 is 23.7 Å². The number of imidazole rings is 1. The van der Waals surface area contributed by atoms with Crippen LogP contribution in [-0.2, 0) is 4.79 Å². The Labute approximate surface area is 165 Å². The summed E-state index contributed by atoms with van der Waals surface area (Å²) in [5.74, 6) is 0.885. The second-order valence-electron chi connectivity index (χ2n) is 7.45. The summed E-state index contributed by atoms with van der Waals surface area (Å²) in [6.45, 7) is 6.75. The van der Waals surface area contributed by atoms with Crippen LogP contribution in [0.3, 0.4) is 0 Å². The van der Waals surface area contributed by atoms with Gasteiger partial charge in [-0.3, -0.25) is 4.79 Å². The molecule has 0 bridgehead atoms. The summed E-state index contributed by atoms with van der Waals surface area (Å²) in [6, 6.07) is 0.443. The number of rotatable bonds is 2. The van der Waals surface area contributed by atoms with Crippen LogP contribution in [0.4, 0.5) is 5.13 Å². The van der Waals surface area contributed by atoms with Gasteiger partial charge in [0.25, 0.3) is 0 Å². The zero-order valence-electron chi connectivity index (χ0n) is 15.6. The Morgan fingerprint density at radius 3 is 2.62 bits per heavy atom. The number of aromatic nitrogens is 3. The number of fused-ring (bicyclic) bond motifs is 1. The van der Waals surface area contributed by atoms with Gasteiger partial charge in [-0.25, -0.2) is 9.50 Å². The van der Waals surface area contributed by atoms with Gasteiger partial charge >= 0.3 is 0 Å². The number of likely N-dealkylation sites (tertiary alicyclic amines) is 1. The first-order valence-corrected chi connectivity index (χ1v) is 10.3. The minimum atomic E-state index is 0. The van der Waals surface area contributed by atoms with Crippen LogP contribution in [-0.4, -0.2) is 51.1 Å². The van der Waals surface area contributed by atoms with Gasteiger partial charge in [0.2, 0.25) is 16.0 Å². The summed E-state index contributed by atoms with van der Waals surface area (Å²) in [4.78, 5) is 22.1. The van der Waals surface area contributed by atoms with Gasteiger partial charge in [0.05, 0.1) is 11.9 Å². The second kappa shape index (κ2) is 8.13. The molecule has 0 aliphatic carbocycles. The highest BCUT2D eigenvalue weighted by atomic mass is 35.5. The lowest BCUT2D eigenvalue weighted by Crippen LogP contribution is -2.47. The minimum absolute atomic E-state index is 0. The van der Waals surface area contributed by atoms with Crippen LogP contribution in [0, 0.1) is 12.8 Å². The lowest BCUT2D eigenvalue weighted by Gasteiger charge is -2.40. The number of aryl methyl sites for hydroxylation is 1. The van der Waals surface area contributed by atoms with E-state index < -0.39 is 0 Å². The van der Waals surface area contributed by atoms with Crippen molar-refractivity contribution in [2.24, 2.45) is 5.92 Å². The third-order valence-corrected chi connectivity index (χ3v) is 6.69. The Bertz CT molecular complexity index is 720. The first kappa shape index (κ1) is 19.4. The van der Waals surface area contributed by atoms with Gasteiger partial charge in [-0.15, -0.1) is 17.5 Å². The van der Waals surface area contributed by atoms with E-state index in [4.69, 9.17) is 0 Å². The van der Waals surface area contributed by atoms with Crippen molar-refractivity contribution < 1.29 is 4.79 Å². The third-order valence-electron chi connectivity index (χ3n) is 5.71. The van der Waals surface area contributed by atoms with E-state index in [1.165, 1.54) is 19.3 Å². The summed E-state index contributed by atoms with van der Waals surface area (Å²) in [7, 11) is 0. The van der Waals surface area contributed by atoms with Crippen LogP contribution in [0.2, 0.25) is 0 Å². The molecule has 2 saturated heterocycles. The highest BCUT2D eigenvalue weighted by Gasteiger charge is 2.33. The number of piperidine rings is 1. The van der Waals surface area contributed by atoms with Crippen LogP contribution in [0.1, 0.15) is 51.1 Å². The summed E-state index contributed by atoms with van der Waals surface area (Å²) in [6.07, 6.45) is 9.14. The largest absolute Gasteiger partial charge is 0.347 e. The maximum Gasteiger partial charge on any atom is 0.219 e. The van der Waals surface area contributed by atoms with E-state index in [-0.39, 0.29) is 18.3 Å². The number of nitrogens with zero attached hydrogens (tertiary/aromatic N) is 5. The predicted octanol–water partition coefficient (Wildman–Crippen LogP) is 3.53. The molecule has 8 heteroatoms. The summed E-state index contributed by atoms with van der Waals surface area (Å²) < 4.78 is 1.89. The second-order valence-corrected chi connectivity index (χ2v) is 8.38. The van der Waals surface area contributed by atoms with E-state index in [9.17, 15) is 4.79 Å². The Balaban J connectivity index is 0.00000196. The normalized spacial score (nSPS) is 22.3. The van der Waals surface area contributed by atoms with Crippen molar-refractivity contribution in [1.29, 1.82) is 0 Å². The van der Waals surface area contributed by atoms with Crippen molar-refractivity contribution in [3.8, 4) is 0 Å². The first-order valence-electron chi connectivity index (χ1n) is 9.47. The van der Waals surface area contributed by atoms with Crippen LogP contribution in [0.5, 0.6) is 0 Å². The predicted molar refractivity (Wildman–Crippen MR) is 107 cm³/mol. The molecular weight excluding hydrogens is 370 g/mol. The summed E-state index contributed by atoms with van der Waals surface area (Å²) in [5.41, 5.74) is 1.02. The molecule has 0 aromatic carbocycles. The molecule has 1 amide bonds. The van der Waals surface area contributed by atoms with E-state index in [0.717, 1.165) is 54.7 Å². The number of carbonyl (C=O) groups excluding carboxylic acids is 1. The molecule has 2 aromatic heterocycles. The van der Waals surface area contributed by atoms with Gasteiger partial charge in [-0.05, 0) is 38.5 Å². The van der Waals surface area contributed by atoms with Gasteiger partial charge < -0.3 is 9.80 Å². The lowest BCUT2D eigenvalue weighted by molar-refractivity contribution is -0.132. The Morgan fingerprint density at radius 2 is 1.92 bits per heavy atom. The molecule has 2 aliphatic heterocycles. The molecule has 26 heavy (non-hydrogen) atoms. The van der Waals surface area contributed by atoms with Crippen molar-refractivity contribution >= 4 is 39.7 Å². The standard InChI is InChI=1S/C18H27N5OS.ClH/c1-13-12-23-17(19-13)25-18(20-23)21-10-7-15(8-11-21)16-6-4-3-5-9-22(16)14(2)24;/h12,15-16H,3-11H2,1-2H3;1H. The van der Waals surface area contributed by atoms with Crippen molar-refractivity contribution in [2.45, 2.75) is 58.4 Å². The van der Waals surface area contributed by atoms with Gasteiger partial charge in [0.1, 0.15) is 0 Å². The molecule has 2 aliphatic rings. The number of carbonyl (C=O) groups is 1. The average Bonchev–Trinajstić information content (AvgIpc) is 3.02. The van der Waals surface area contributed by atoms with E-state index in [1.807, 2.05) is 17.6 Å². The highest BCUT2D eigenvalue weighted by Crippen LogP contribution is 2.33. The van der Waals surface area contributed by atoms with Crippen LogP contribution in [0.15, 0.2) is 6.20 Å². The number of amides is 1. The highest BCUT2D eigenvalue weighted by molar-refractivity contribution is 7.20. The smallest absolute Gasteiger partial charge is 0.219 e. The van der Waals surface area contributed by atoms with E-state index in [2.05, 4.69) is 19.9 Å². The van der Waals surface area contributed by atoms with Gasteiger partial charge in [-0.1, -0.05) is 24.2 Å². The number of anilines is 1. The molecule has 0 N–H and O–H groups in total. The molecule has 2 fully saturated rings. The Kier molecular flexibility index (Phi) is 6.07. The van der Waals surface area contributed by atoms with E-state index in [1.54, 1.807) is 18.3 Å². The Morgan fingerprint density at radius 1 is 1.15 bits per heavy atom. The zero-order valence-corrected chi connectivity index (χ0v) is 17.2. The van der Waals surface area contributed by atoms with Crippen molar-refractivity contribution in [3.63, 3.8) is 0 Å². The van der Waals surface area contributed by atoms with Gasteiger partial charge in [0, 0.05) is 32.6 Å². The van der Waals surface area contributed by atoms with Crippen LogP contribution in [0.25, 0.3) is 4.96 Å². The van der Waals surface area contributed by atoms with Crippen molar-refractivity contribution in [1.82, 2.24) is 19.5 Å². The minimum Gasteiger partial charge on any atom is -0.347 e. The van der Waals surface area contributed by atoms with Crippen molar-refractivity contribution in [3.05, 3.63) is 11.9 Å².